The minimum atomic E-state index is -4.47. The first-order chi connectivity index (χ1) is 13.2. The van der Waals surface area contributed by atoms with Crippen molar-refractivity contribution in [3.05, 3.63) is 6.33 Å². The summed E-state index contributed by atoms with van der Waals surface area (Å²) in [7, 11) is -6.80. The van der Waals surface area contributed by atoms with Crippen LogP contribution < -0.4 is 16.0 Å². The van der Waals surface area contributed by atoms with Gasteiger partial charge in [0, 0.05) is 20.6 Å². The molecular formula is C12H18N5O9P2. The van der Waals surface area contributed by atoms with Crippen LogP contribution in [0.5, 0.6) is 0 Å². The highest BCUT2D eigenvalue weighted by molar-refractivity contribution is 7.47. The molecule has 0 amide bonds. The van der Waals surface area contributed by atoms with Crippen molar-refractivity contribution in [2.75, 3.05) is 24.9 Å². The quantitative estimate of drug-likeness (QED) is 0.497. The molecule has 4 rings (SSSR count). The van der Waals surface area contributed by atoms with Crippen molar-refractivity contribution in [1.29, 1.82) is 0 Å². The van der Waals surface area contributed by atoms with E-state index in [1.165, 1.54) is 6.33 Å². The molecule has 7 atom stereocenters. The summed E-state index contributed by atoms with van der Waals surface area (Å²) in [5.41, 5.74) is 6.15. The minimum absolute atomic E-state index is 0.122. The van der Waals surface area contributed by atoms with E-state index in [-0.39, 0.29) is 12.2 Å². The Hall–Kier alpha value is -1.34. The van der Waals surface area contributed by atoms with Crippen molar-refractivity contribution in [3.63, 3.8) is 0 Å². The molecule has 14 nitrogen and oxygen atoms in total. The molecule has 0 spiro atoms. The van der Waals surface area contributed by atoms with Gasteiger partial charge in [0.25, 0.3) is 0 Å². The largest absolute Gasteiger partial charge is 0.472 e. The van der Waals surface area contributed by atoms with Crippen LogP contribution in [0.1, 0.15) is 6.42 Å². The smallest absolute Gasteiger partial charge is 0.382 e. The first-order valence-electron chi connectivity index (χ1n) is 8.05. The maximum atomic E-state index is 12.1. The molecular weight excluding hydrogens is 420 g/mol. The van der Waals surface area contributed by atoms with E-state index in [0.29, 0.717) is 11.5 Å². The van der Waals surface area contributed by atoms with Gasteiger partial charge in [-0.3, -0.25) is 18.1 Å². The lowest BCUT2D eigenvalue weighted by Crippen LogP contribution is -2.59. The van der Waals surface area contributed by atoms with Gasteiger partial charge in [0.15, 0.2) is 17.8 Å². The van der Waals surface area contributed by atoms with E-state index >= 15 is 0 Å². The highest BCUT2D eigenvalue weighted by atomic mass is 31.2. The zero-order valence-electron chi connectivity index (χ0n) is 14.7. The summed E-state index contributed by atoms with van der Waals surface area (Å²) < 4.78 is 49.2. The zero-order chi connectivity index (χ0) is 20.3. The Morgan fingerprint density at radius 3 is 2.57 bits per heavy atom. The van der Waals surface area contributed by atoms with Gasteiger partial charge in [-0.15, -0.1) is 0 Å². The predicted octanol–water partition coefficient (Wildman–Crippen LogP) is -0.167. The van der Waals surface area contributed by atoms with Crippen molar-refractivity contribution in [3.8, 4) is 0 Å². The number of nitrogens with zero attached hydrogens (tertiary/aromatic N) is 4. The van der Waals surface area contributed by atoms with Crippen molar-refractivity contribution in [1.82, 2.24) is 15.3 Å². The Kier molecular flexibility index (Phi) is 4.90. The van der Waals surface area contributed by atoms with E-state index in [2.05, 4.69) is 24.3 Å². The van der Waals surface area contributed by atoms with E-state index in [9.17, 15) is 18.9 Å². The fourth-order valence-corrected chi connectivity index (χ4v) is 4.73. The van der Waals surface area contributed by atoms with E-state index < -0.39 is 46.4 Å². The van der Waals surface area contributed by atoms with E-state index in [1.807, 2.05) is 0 Å². The highest BCUT2D eigenvalue weighted by Crippen LogP contribution is 2.55. The number of phosphoric ester groups is 2. The number of hydrogen-bond donors (Lipinski definition) is 3. The number of anilines is 2. The molecule has 2 bridgehead atoms. The molecule has 0 saturated carbocycles. The average Bonchev–Trinajstić information content (AvgIpc) is 3.19. The van der Waals surface area contributed by atoms with Gasteiger partial charge in [0.2, 0.25) is 0 Å². The second-order valence-electron chi connectivity index (χ2n) is 6.19. The fourth-order valence-electron chi connectivity index (χ4n) is 3.48. The number of nitrogen functional groups attached to an aromatic ring is 1. The number of rotatable bonds is 6. The molecule has 0 aromatic carbocycles. The maximum absolute atomic E-state index is 12.1. The number of fused-ring (bicyclic) bond motifs is 6. The second-order valence-corrected chi connectivity index (χ2v) is 9.21. The summed E-state index contributed by atoms with van der Waals surface area (Å²) in [6.45, 7) is 0. The van der Waals surface area contributed by atoms with Crippen molar-refractivity contribution in [2.24, 2.45) is 0 Å². The molecule has 28 heavy (non-hydrogen) atoms. The second kappa shape index (κ2) is 6.87. The fraction of sp³-hybridized carbons (Fsp3) is 0.667. The maximum Gasteiger partial charge on any atom is 0.472 e. The molecule has 2 unspecified atom stereocenters. The molecule has 4 heterocycles. The lowest BCUT2D eigenvalue weighted by molar-refractivity contribution is -0.103. The van der Waals surface area contributed by atoms with Crippen LogP contribution in [-0.4, -0.2) is 64.7 Å². The van der Waals surface area contributed by atoms with E-state index in [4.69, 9.17) is 19.5 Å². The zero-order valence-corrected chi connectivity index (χ0v) is 16.5. The third-order valence-electron chi connectivity index (χ3n) is 4.65. The van der Waals surface area contributed by atoms with Gasteiger partial charge in [0.05, 0.1) is 0 Å². The molecule has 1 radical (unpaired) electrons. The van der Waals surface area contributed by atoms with Crippen molar-refractivity contribution < 1.29 is 41.7 Å². The molecule has 155 valence electrons. The number of ether oxygens (including phenoxy) is 1. The summed E-state index contributed by atoms with van der Waals surface area (Å²) >= 11 is 0. The average molecular weight is 438 g/mol. The van der Waals surface area contributed by atoms with Crippen LogP contribution in [0.25, 0.3) is 0 Å². The first kappa shape index (κ1) is 20.0. The van der Waals surface area contributed by atoms with Crippen LogP contribution in [-0.2, 0) is 32.0 Å². The molecule has 16 heteroatoms. The van der Waals surface area contributed by atoms with Gasteiger partial charge in [-0.05, 0) is 0 Å². The highest BCUT2D eigenvalue weighted by Gasteiger charge is 2.60. The molecule has 3 aliphatic heterocycles. The summed E-state index contributed by atoms with van der Waals surface area (Å²) in [5.74, 6) is 0.472. The molecule has 0 aliphatic carbocycles. The van der Waals surface area contributed by atoms with Crippen LogP contribution in [0.15, 0.2) is 6.33 Å². The van der Waals surface area contributed by atoms with E-state index in [0.717, 1.165) is 14.2 Å². The van der Waals surface area contributed by atoms with Crippen LogP contribution in [0.4, 0.5) is 17.3 Å². The number of aromatic nitrogens is 2. The molecule has 1 aromatic rings. The summed E-state index contributed by atoms with van der Waals surface area (Å²) in [6.07, 6.45) is -3.34. The van der Waals surface area contributed by atoms with Crippen molar-refractivity contribution in [2.45, 2.75) is 37.1 Å². The topological polar surface area (TPSA) is 190 Å². The monoisotopic (exact) mass is 438 g/mol. The van der Waals surface area contributed by atoms with Gasteiger partial charge in [-0.2, -0.15) is 0 Å². The van der Waals surface area contributed by atoms with Crippen LogP contribution >= 0.6 is 15.6 Å². The van der Waals surface area contributed by atoms with Crippen molar-refractivity contribution >= 4 is 33.0 Å². The summed E-state index contributed by atoms with van der Waals surface area (Å²) in [5, 5.41) is 4.43. The Morgan fingerprint density at radius 2 is 1.89 bits per heavy atom. The Labute approximate surface area is 159 Å². The standard InChI is InChI=1S/C12H18N5O9P2/c1-22-27(18,19)25-5-3-6-17-11-7(10(13)14-4-15-11)16-12(17)9(8(5)24-6)26-28(20,21)23-2/h4-6,8-9,12H,3H2,1-2H3,(H,18,19)(H,20,21)(H2,13,14,15)/t5-,6+,8-,9-,12+/m0/s1. The van der Waals surface area contributed by atoms with Gasteiger partial charge >= 0.3 is 15.6 Å². The summed E-state index contributed by atoms with van der Waals surface area (Å²) in [6, 6.07) is 0. The molecule has 2 fully saturated rings. The van der Waals surface area contributed by atoms with Crippen LogP contribution in [0.3, 0.4) is 0 Å². The molecule has 3 aliphatic rings. The molecule has 4 N–H and O–H groups in total. The van der Waals surface area contributed by atoms with Gasteiger partial charge in [-0.1, -0.05) is 0 Å². The molecule has 2 saturated heterocycles. The van der Waals surface area contributed by atoms with Crippen LogP contribution in [0.2, 0.25) is 0 Å². The number of hydrogen-bond acceptors (Lipinski definition) is 11. The normalized spacial score (nSPS) is 34.9. The van der Waals surface area contributed by atoms with Gasteiger partial charge < -0.3 is 25.2 Å². The Bertz CT molecular complexity index is 874. The third-order valence-corrected chi connectivity index (χ3v) is 6.62. The minimum Gasteiger partial charge on any atom is -0.382 e. The molecule has 1 aromatic heterocycles. The predicted molar refractivity (Wildman–Crippen MR) is 91.2 cm³/mol. The Balaban J connectivity index is 1.71. The third kappa shape index (κ3) is 3.30. The number of nitrogens with two attached hydrogens (primary N) is 1. The van der Waals surface area contributed by atoms with Gasteiger partial charge in [-0.25, -0.2) is 24.4 Å². The van der Waals surface area contributed by atoms with Crippen LogP contribution in [0, 0.1) is 0 Å². The number of phosphoric acid groups is 2. The SMILES string of the molecule is COP(=O)(O)O[C@H]1[C@H]2O[C@H](C[C@@H]2OP(=O)(O)OC)N2c3ncnc(N)c3[N][C@@H]12. The Morgan fingerprint density at radius 1 is 1.21 bits per heavy atom. The van der Waals surface area contributed by atoms with Gasteiger partial charge in [0.1, 0.15) is 36.6 Å². The lowest BCUT2D eigenvalue weighted by atomic mass is 10.1. The van der Waals surface area contributed by atoms with E-state index in [1.54, 1.807) is 4.90 Å². The lowest BCUT2D eigenvalue weighted by Gasteiger charge is -2.41. The summed E-state index contributed by atoms with van der Waals surface area (Å²) in [4.78, 5) is 29.2. The first-order valence-corrected chi connectivity index (χ1v) is 11.0.